The van der Waals surface area contributed by atoms with E-state index in [0.717, 1.165) is 38.9 Å². The van der Waals surface area contributed by atoms with Crippen LogP contribution in [0.3, 0.4) is 0 Å². The van der Waals surface area contributed by atoms with Crippen LogP contribution in [-0.2, 0) is 15.8 Å². The van der Waals surface area contributed by atoms with E-state index in [4.69, 9.17) is 16.6 Å². The second-order valence-electron chi connectivity index (χ2n) is 10.0. The fourth-order valence-electron chi connectivity index (χ4n) is 4.44. The number of aromatic carboxylic acids is 1. The van der Waals surface area contributed by atoms with E-state index in [1.165, 1.54) is 0 Å². The SMILES string of the molecule is Cc1ccc(S(=O)(=O)NCC(SCc2ccc(C(=O)O)cc2)c2cccc(C=Cc3ccc4ccc(Cl)cc4n3)c2)cc1. The summed E-state index contributed by atoms with van der Waals surface area (Å²) >= 11 is 7.73. The monoisotopic (exact) mass is 628 g/mol. The Labute approximate surface area is 260 Å². The van der Waals surface area contributed by atoms with Gasteiger partial charge in [0.1, 0.15) is 0 Å². The van der Waals surface area contributed by atoms with Crippen LogP contribution in [-0.4, -0.2) is 31.0 Å². The minimum absolute atomic E-state index is 0.175. The first-order valence-corrected chi connectivity index (χ1v) is 16.4. The molecule has 5 aromatic rings. The molecule has 2 N–H and O–H groups in total. The van der Waals surface area contributed by atoms with E-state index in [0.29, 0.717) is 10.8 Å². The molecule has 218 valence electrons. The van der Waals surface area contributed by atoms with E-state index in [9.17, 15) is 18.3 Å². The molecular weight excluding hydrogens is 600 g/mol. The average molecular weight is 629 g/mol. The highest BCUT2D eigenvalue weighted by Crippen LogP contribution is 2.32. The van der Waals surface area contributed by atoms with Crippen LogP contribution in [0, 0.1) is 6.92 Å². The molecule has 0 bridgehead atoms. The van der Waals surface area contributed by atoms with Crippen molar-refractivity contribution >= 4 is 62.4 Å². The number of nitrogens with one attached hydrogen (secondary N) is 1. The average Bonchev–Trinajstić information content (AvgIpc) is 3.00. The smallest absolute Gasteiger partial charge is 0.335 e. The number of aryl methyl sites for hydroxylation is 1. The van der Waals surface area contributed by atoms with Crippen molar-refractivity contribution < 1.29 is 18.3 Å². The normalized spacial score (nSPS) is 12.5. The molecule has 0 spiro atoms. The molecule has 0 amide bonds. The number of hydrogen-bond donors (Lipinski definition) is 2. The molecule has 0 aliphatic heterocycles. The number of sulfonamides is 1. The van der Waals surface area contributed by atoms with E-state index in [-0.39, 0.29) is 22.3 Å². The molecular formula is C34H29ClN2O4S2. The molecule has 6 nitrogen and oxygen atoms in total. The van der Waals surface area contributed by atoms with Gasteiger partial charge in [-0.2, -0.15) is 0 Å². The van der Waals surface area contributed by atoms with Gasteiger partial charge in [-0.05, 0) is 72.2 Å². The Hall–Kier alpha value is -3.95. The standard InChI is InChI=1S/C34H29ClN2O4S2/c1-23-5-17-31(18-6-23)43(40,41)36-21-33(42-22-25-7-10-27(11-8-25)34(38)39)28-4-2-3-24(19-28)9-15-30-16-13-26-12-14-29(35)20-32(26)37-30/h2-20,33,36H,21-22H2,1H3,(H,38,39). The maximum Gasteiger partial charge on any atom is 0.335 e. The lowest BCUT2D eigenvalue weighted by Crippen LogP contribution is -2.27. The third-order valence-corrected chi connectivity index (χ3v) is 9.86. The van der Waals surface area contributed by atoms with Crippen LogP contribution in [0.5, 0.6) is 0 Å². The van der Waals surface area contributed by atoms with Crippen LogP contribution in [0.4, 0.5) is 0 Å². The van der Waals surface area contributed by atoms with Crippen molar-refractivity contribution in [1.82, 2.24) is 9.71 Å². The minimum Gasteiger partial charge on any atom is -0.478 e. The highest BCUT2D eigenvalue weighted by molar-refractivity contribution is 7.98. The van der Waals surface area contributed by atoms with Crippen LogP contribution in [0.15, 0.2) is 108 Å². The second-order valence-corrected chi connectivity index (χ2v) is 13.4. The van der Waals surface area contributed by atoms with Gasteiger partial charge in [0.2, 0.25) is 10.0 Å². The Morgan fingerprint density at radius 2 is 1.70 bits per heavy atom. The summed E-state index contributed by atoms with van der Waals surface area (Å²) in [5.41, 5.74) is 5.66. The van der Waals surface area contributed by atoms with Crippen LogP contribution in [0.2, 0.25) is 5.02 Å². The predicted molar refractivity (Wildman–Crippen MR) is 176 cm³/mol. The number of nitrogens with zero attached hydrogens (tertiary/aromatic N) is 1. The fraction of sp³-hybridized carbons (Fsp3) is 0.118. The van der Waals surface area contributed by atoms with Crippen molar-refractivity contribution in [3.8, 4) is 0 Å². The molecule has 43 heavy (non-hydrogen) atoms. The van der Waals surface area contributed by atoms with E-state index in [1.54, 1.807) is 60.3 Å². The van der Waals surface area contributed by atoms with Gasteiger partial charge in [0.05, 0.1) is 21.7 Å². The summed E-state index contributed by atoms with van der Waals surface area (Å²) in [5, 5.41) is 10.6. The van der Waals surface area contributed by atoms with Crippen molar-refractivity contribution in [2.75, 3.05) is 6.54 Å². The summed E-state index contributed by atoms with van der Waals surface area (Å²) in [6, 6.07) is 31.0. The molecule has 0 aliphatic rings. The summed E-state index contributed by atoms with van der Waals surface area (Å²) in [5.74, 6) is -0.407. The van der Waals surface area contributed by atoms with Gasteiger partial charge >= 0.3 is 5.97 Å². The number of fused-ring (bicyclic) bond motifs is 1. The summed E-state index contributed by atoms with van der Waals surface area (Å²) in [6.45, 7) is 2.08. The summed E-state index contributed by atoms with van der Waals surface area (Å²) < 4.78 is 29.0. The number of carboxylic acid groups (broad SMARTS) is 1. The minimum atomic E-state index is -3.72. The van der Waals surface area contributed by atoms with Crippen LogP contribution < -0.4 is 4.72 Å². The molecule has 1 atom stereocenters. The summed E-state index contributed by atoms with van der Waals surface area (Å²) in [6.07, 6.45) is 3.91. The number of carboxylic acids is 1. The molecule has 0 saturated carbocycles. The van der Waals surface area contributed by atoms with Gasteiger partial charge in [-0.25, -0.2) is 22.9 Å². The zero-order valence-corrected chi connectivity index (χ0v) is 25.7. The molecule has 0 fully saturated rings. The first-order valence-electron chi connectivity index (χ1n) is 13.5. The highest BCUT2D eigenvalue weighted by Gasteiger charge is 2.19. The van der Waals surface area contributed by atoms with Crippen LogP contribution >= 0.6 is 23.4 Å². The molecule has 0 radical (unpaired) electrons. The number of halogens is 1. The lowest BCUT2D eigenvalue weighted by atomic mass is 10.1. The topological polar surface area (TPSA) is 96.4 Å². The fourth-order valence-corrected chi connectivity index (χ4v) is 6.89. The Balaban J connectivity index is 1.37. The Bertz CT molecular complexity index is 1890. The van der Waals surface area contributed by atoms with Gasteiger partial charge < -0.3 is 5.11 Å². The van der Waals surface area contributed by atoms with Gasteiger partial charge in [0.15, 0.2) is 0 Å². The van der Waals surface area contributed by atoms with Crippen LogP contribution in [0.25, 0.3) is 23.1 Å². The lowest BCUT2D eigenvalue weighted by molar-refractivity contribution is 0.0697. The van der Waals surface area contributed by atoms with E-state index in [2.05, 4.69) is 4.72 Å². The number of thioether (sulfide) groups is 1. The molecule has 5 rings (SSSR count). The first kappa shape index (κ1) is 30.5. The molecule has 0 aliphatic carbocycles. The zero-order chi connectivity index (χ0) is 30.4. The van der Waals surface area contributed by atoms with Gasteiger partial charge in [-0.3, -0.25) is 0 Å². The first-order chi connectivity index (χ1) is 20.7. The Kier molecular flexibility index (Phi) is 9.62. The number of benzene rings is 4. The van der Waals surface area contributed by atoms with Crippen molar-refractivity contribution in [3.63, 3.8) is 0 Å². The van der Waals surface area contributed by atoms with Crippen molar-refractivity contribution in [2.24, 2.45) is 0 Å². The molecule has 9 heteroatoms. The van der Waals surface area contributed by atoms with Crippen molar-refractivity contribution in [3.05, 3.63) is 142 Å². The maximum absolute atomic E-state index is 13.1. The van der Waals surface area contributed by atoms with Gasteiger partial charge in [0, 0.05) is 28.0 Å². The molecule has 0 saturated heterocycles. The highest BCUT2D eigenvalue weighted by atomic mass is 35.5. The predicted octanol–water partition coefficient (Wildman–Crippen LogP) is 8.02. The van der Waals surface area contributed by atoms with Crippen LogP contribution in [0.1, 0.15) is 43.6 Å². The number of pyridine rings is 1. The third kappa shape index (κ3) is 8.12. The maximum atomic E-state index is 13.1. The number of rotatable bonds is 11. The summed E-state index contributed by atoms with van der Waals surface area (Å²) in [4.78, 5) is 16.1. The Morgan fingerprint density at radius 3 is 2.44 bits per heavy atom. The number of aromatic nitrogens is 1. The van der Waals surface area contributed by atoms with Gasteiger partial charge in [-0.1, -0.05) is 83.9 Å². The molecule has 1 aromatic heterocycles. The third-order valence-electron chi connectivity index (χ3n) is 6.85. The van der Waals surface area contributed by atoms with Crippen molar-refractivity contribution in [1.29, 1.82) is 0 Å². The number of hydrogen-bond acceptors (Lipinski definition) is 5. The van der Waals surface area contributed by atoms with E-state index in [1.807, 2.05) is 73.7 Å². The van der Waals surface area contributed by atoms with E-state index < -0.39 is 16.0 Å². The van der Waals surface area contributed by atoms with Gasteiger partial charge in [0.25, 0.3) is 0 Å². The largest absolute Gasteiger partial charge is 0.478 e. The zero-order valence-electron chi connectivity index (χ0n) is 23.3. The quantitative estimate of drug-likeness (QED) is 0.154. The van der Waals surface area contributed by atoms with E-state index >= 15 is 0 Å². The number of carbonyl (C=O) groups is 1. The Morgan fingerprint density at radius 1 is 0.953 bits per heavy atom. The molecule has 4 aromatic carbocycles. The van der Waals surface area contributed by atoms with Gasteiger partial charge in [-0.15, -0.1) is 11.8 Å². The molecule has 1 heterocycles. The lowest BCUT2D eigenvalue weighted by Gasteiger charge is -2.19. The van der Waals surface area contributed by atoms with Crippen molar-refractivity contribution in [2.45, 2.75) is 22.8 Å². The molecule has 1 unspecified atom stereocenters. The second kappa shape index (κ2) is 13.6. The summed E-state index contributed by atoms with van der Waals surface area (Å²) in [7, 11) is -3.72.